The van der Waals surface area contributed by atoms with Gasteiger partial charge < -0.3 is 9.47 Å². The standard InChI is InChI=1S/C20H26O4/c1-12-6-5-7-13(2)10-16-15(14(3)19(22)23-16)11-18-20(4,24-18)17(21)9-8-12/h6,10,15-16,18H,3,5,7-9,11H2,1-2,4H3/t15-,16-,18+,20-/m0/s1. The van der Waals surface area contributed by atoms with Crippen molar-refractivity contribution in [1.82, 2.24) is 0 Å². The van der Waals surface area contributed by atoms with Crippen molar-refractivity contribution in [3.05, 3.63) is 35.5 Å². The Morgan fingerprint density at radius 1 is 1.17 bits per heavy atom. The van der Waals surface area contributed by atoms with Crippen LogP contribution in [0.4, 0.5) is 0 Å². The molecule has 24 heavy (non-hydrogen) atoms. The van der Waals surface area contributed by atoms with Crippen LogP contribution in [0.5, 0.6) is 0 Å². The molecule has 2 heterocycles. The average molecular weight is 330 g/mol. The first kappa shape index (κ1) is 17.2. The molecule has 2 saturated heterocycles. The van der Waals surface area contributed by atoms with E-state index in [1.807, 2.05) is 13.0 Å². The van der Waals surface area contributed by atoms with E-state index < -0.39 is 5.60 Å². The highest BCUT2D eigenvalue weighted by Crippen LogP contribution is 2.45. The molecule has 4 heteroatoms. The zero-order valence-electron chi connectivity index (χ0n) is 14.8. The summed E-state index contributed by atoms with van der Waals surface area (Å²) in [5.41, 5.74) is 2.24. The maximum atomic E-state index is 12.5. The SMILES string of the molecule is C=C1C(=O)O[C@H]2C=C(C)CCC=C(C)CCC(=O)[C@]3(C)O[C@@H]3C[C@@H]12. The van der Waals surface area contributed by atoms with Crippen molar-refractivity contribution in [3.63, 3.8) is 0 Å². The van der Waals surface area contributed by atoms with Gasteiger partial charge in [0, 0.05) is 17.9 Å². The first-order chi connectivity index (χ1) is 11.3. The number of epoxide rings is 1. The largest absolute Gasteiger partial charge is 0.454 e. The van der Waals surface area contributed by atoms with Crippen LogP contribution in [0.15, 0.2) is 35.5 Å². The first-order valence-corrected chi connectivity index (χ1v) is 8.75. The molecule has 130 valence electrons. The zero-order chi connectivity index (χ0) is 17.5. The molecule has 3 rings (SSSR count). The summed E-state index contributed by atoms with van der Waals surface area (Å²) in [7, 11) is 0. The Morgan fingerprint density at radius 2 is 1.92 bits per heavy atom. The maximum absolute atomic E-state index is 12.5. The molecule has 0 spiro atoms. The van der Waals surface area contributed by atoms with E-state index in [1.54, 1.807) is 0 Å². The Balaban J connectivity index is 1.85. The summed E-state index contributed by atoms with van der Waals surface area (Å²) < 4.78 is 11.2. The average Bonchev–Trinajstić information content (AvgIpc) is 3.12. The summed E-state index contributed by atoms with van der Waals surface area (Å²) in [6.07, 6.45) is 7.56. The van der Waals surface area contributed by atoms with Gasteiger partial charge in [-0.25, -0.2) is 4.79 Å². The lowest BCUT2D eigenvalue weighted by molar-refractivity contribution is -0.137. The van der Waals surface area contributed by atoms with E-state index in [1.165, 1.54) is 11.1 Å². The van der Waals surface area contributed by atoms with E-state index in [2.05, 4.69) is 26.5 Å². The van der Waals surface area contributed by atoms with Crippen LogP contribution in [0.1, 0.15) is 52.9 Å². The van der Waals surface area contributed by atoms with Gasteiger partial charge in [-0.1, -0.05) is 23.8 Å². The van der Waals surface area contributed by atoms with Gasteiger partial charge in [0.2, 0.25) is 0 Å². The minimum atomic E-state index is -0.709. The van der Waals surface area contributed by atoms with Gasteiger partial charge in [-0.15, -0.1) is 0 Å². The van der Waals surface area contributed by atoms with Gasteiger partial charge in [-0.05, 0) is 52.5 Å². The number of ether oxygens (including phenoxy) is 2. The number of esters is 1. The molecule has 4 atom stereocenters. The van der Waals surface area contributed by atoms with Crippen molar-refractivity contribution < 1.29 is 19.1 Å². The van der Waals surface area contributed by atoms with Crippen LogP contribution in [0.25, 0.3) is 0 Å². The minimum absolute atomic E-state index is 0.104. The van der Waals surface area contributed by atoms with Crippen molar-refractivity contribution in [1.29, 1.82) is 0 Å². The van der Waals surface area contributed by atoms with Crippen LogP contribution < -0.4 is 0 Å². The fourth-order valence-electron chi connectivity index (χ4n) is 3.64. The Bertz CT molecular complexity index is 642. The van der Waals surface area contributed by atoms with Crippen molar-refractivity contribution in [2.45, 2.75) is 70.7 Å². The van der Waals surface area contributed by atoms with Crippen LogP contribution in [0.3, 0.4) is 0 Å². The predicted molar refractivity (Wildman–Crippen MR) is 91.4 cm³/mol. The second-order valence-corrected chi connectivity index (χ2v) is 7.48. The molecule has 2 aliphatic heterocycles. The van der Waals surface area contributed by atoms with E-state index in [9.17, 15) is 9.59 Å². The minimum Gasteiger partial charge on any atom is -0.454 e. The Labute approximate surface area is 143 Å². The monoisotopic (exact) mass is 330 g/mol. The maximum Gasteiger partial charge on any atom is 0.334 e. The fraction of sp³-hybridized carbons (Fsp3) is 0.600. The van der Waals surface area contributed by atoms with Gasteiger partial charge in [0.25, 0.3) is 0 Å². The molecule has 4 nitrogen and oxygen atoms in total. The smallest absolute Gasteiger partial charge is 0.334 e. The van der Waals surface area contributed by atoms with Crippen molar-refractivity contribution in [3.8, 4) is 0 Å². The van der Waals surface area contributed by atoms with Crippen LogP contribution in [0.2, 0.25) is 0 Å². The molecule has 0 aromatic carbocycles. The molecule has 1 aliphatic carbocycles. The molecule has 0 saturated carbocycles. The Morgan fingerprint density at radius 3 is 2.67 bits per heavy atom. The number of carbonyl (C=O) groups is 2. The van der Waals surface area contributed by atoms with Crippen LogP contribution in [-0.2, 0) is 19.1 Å². The van der Waals surface area contributed by atoms with Crippen LogP contribution in [0, 0.1) is 5.92 Å². The lowest BCUT2D eigenvalue weighted by atomic mass is 9.86. The summed E-state index contributed by atoms with van der Waals surface area (Å²) in [4.78, 5) is 24.4. The van der Waals surface area contributed by atoms with E-state index in [4.69, 9.17) is 9.47 Å². The number of ketones is 1. The van der Waals surface area contributed by atoms with Crippen LogP contribution in [-0.4, -0.2) is 29.6 Å². The first-order valence-electron chi connectivity index (χ1n) is 8.75. The van der Waals surface area contributed by atoms with Gasteiger partial charge in [-0.3, -0.25) is 4.79 Å². The number of Topliss-reactive ketones (excluding diaryl/α,β-unsaturated/α-hetero) is 1. The Kier molecular flexibility index (Phi) is 4.52. The molecular formula is C20H26O4. The number of carbonyl (C=O) groups excluding carboxylic acids is 2. The lowest BCUT2D eigenvalue weighted by Crippen LogP contribution is -2.26. The molecule has 3 aliphatic rings. The molecule has 0 N–H and O–H groups in total. The highest BCUT2D eigenvalue weighted by atomic mass is 16.6. The number of fused-ring (bicyclic) bond motifs is 2. The Hall–Kier alpha value is -1.68. The summed E-state index contributed by atoms with van der Waals surface area (Å²) >= 11 is 0. The number of rotatable bonds is 0. The van der Waals surface area contributed by atoms with E-state index in [0.29, 0.717) is 18.4 Å². The van der Waals surface area contributed by atoms with E-state index in [-0.39, 0.29) is 29.9 Å². The second-order valence-electron chi connectivity index (χ2n) is 7.48. The summed E-state index contributed by atoms with van der Waals surface area (Å²) in [5.74, 6) is -0.286. The number of hydrogen-bond donors (Lipinski definition) is 0. The fourth-order valence-corrected chi connectivity index (χ4v) is 3.64. The van der Waals surface area contributed by atoms with Crippen molar-refractivity contribution >= 4 is 11.8 Å². The highest BCUT2D eigenvalue weighted by molar-refractivity contribution is 5.92. The summed E-state index contributed by atoms with van der Waals surface area (Å²) in [6, 6.07) is 0. The van der Waals surface area contributed by atoms with E-state index >= 15 is 0 Å². The third kappa shape index (κ3) is 3.25. The third-order valence-electron chi connectivity index (χ3n) is 5.54. The third-order valence-corrected chi connectivity index (χ3v) is 5.54. The zero-order valence-corrected chi connectivity index (χ0v) is 14.8. The molecular weight excluding hydrogens is 304 g/mol. The highest BCUT2D eigenvalue weighted by Gasteiger charge is 2.59. The van der Waals surface area contributed by atoms with Gasteiger partial charge in [0.1, 0.15) is 11.7 Å². The molecule has 0 aromatic heterocycles. The molecule has 0 bridgehead atoms. The molecule has 0 radical (unpaired) electrons. The molecule has 0 amide bonds. The van der Waals surface area contributed by atoms with Gasteiger partial charge >= 0.3 is 5.97 Å². The summed E-state index contributed by atoms with van der Waals surface area (Å²) in [5, 5.41) is 0. The van der Waals surface area contributed by atoms with Crippen molar-refractivity contribution in [2.75, 3.05) is 0 Å². The number of allylic oxidation sites excluding steroid dienone is 3. The quantitative estimate of drug-likeness (QED) is 0.294. The van der Waals surface area contributed by atoms with E-state index in [0.717, 1.165) is 19.3 Å². The topological polar surface area (TPSA) is 55.9 Å². The second kappa shape index (κ2) is 6.32. The normalized spacial score (nSPS) is 37.6. The molecule has 0 aromatic rings. The van der Waals surface area contributed by atoms with Gasteiger partial charge in [-0.2, -0.15) is 0 Å². The van der Waals surface area contributed by atoms with Gasteiger partial charge in [0.15, 0.2) is 5.78 Å². The summed E-state index contributed by atoms with van der Waals surface area (Å²) in [6.45, 7) is 9.91. The van der Waals surface area contributed by atoms with Gasteiger partial charge in [0.05, 0.1) is 6.10 Å². The molecule has 0 unspecified atom stereocenters. The molecule has 2 fully saturated rings. The number of hydrogen-bond acceptors (Lipinski definition) is 4. The predicted octanol–water partition coefficient (Wildman–Crippen LogP) is 3.67. The lowest BCUT2D eigenvalue weighted by Gasteiger charge is -2.16. The van der Waals surface area contributed by atoms with Crippen LogP contribution >= 0.6 is 0 Å². The van der Waals surface area contributed by atoms with Crippen molar-refractivity contribution in [2.24, 2.45) is 5.92 Å².